The van der Waals surface area contributed by atoms with Crippen molar-refractivity contribution in [3.63, 3.8) is 0 Å². The largest absolute Gasteiger partial charge is 0.265 e. The van der Waals surface area contributed by atoms with Gasteiger partial charge in [-0.3, -0.25) is 9.98 Å². The highest BCUT2D eigenvalue weighted by atomic mass is 32.1. The van der Waals surface area contributed by atoms with Crippen LogP contribution in [0.15, 0.2) is 58.7 Å². The second-order valence-corrected chi connectivity index (χ2v) is 3.57. The number of hydrogen-bond donors (Lipinski definition) is 1. The topological polar surface area (TPSA) is 25.2 Å². The van der Waals surface area contributed by atoms with Crippen molar-refractivity contribution >= 4 is 24.5 Å². The van der Waals surface area contributed by atoms with E-state index in [1.54, 1.807) is 12.4 Å². The fourth-order valence-electron chi connectivity index (χ4n) is 1.14. The summed E-state index contributed by atoms with van der Waals surface area (Å²) in [6, 6.07) is 11.5. The van der Waals surface area contributed by atoms with E-state index >= 15 is 0 Å². The average molecular weight is 214 g/mol. The van der Waals surface area contributed by atoms with Gasteiger partial charge in [-0.2, -0.15) is 0 Å². The van der Waals surface area contributed by atoms with E-state index in [0.717, 1.165) is 16.1 Å². The molecule has 2 aromatic rings. The molecule has 3 heteroatoms. The van der Waals surface area contributed by atoms with Crippen molar-refractivity contribution in [1.29, 1.82) is 0 Å². The van der Waals surface area contributed by atoms with Crippen molar-refractivity contribution in [3.8, 4) is 0 Å². The number of benzene rings is 1. The summed E-state index contributed by atoms with van der Waals surface area (Å²) >= 11 is 4.21. The number of nitrogens with zero attached hydrogens (tertiary/aromatic N) is 2. The fraction of sp³-hybridized carbons (Fsp3) is 0. The summed E-state index contributed by atoms with van der Waals surface area (Å²) in [5, 5.41) is 0. The molecule has 0 unspecified atom stereocenters. The second-order valence-electron chi connectivity index (χ2n) is 3.06. The molecule has 74 valence electrons. The fourth-order valence-corrected chi connectivity index (χ4v) is 1.29. The monoisotopic (exact) mass is 214 g/mol. The number of aromatic nitrogens is 1. The summed E-state index contributed by atoms with van der Waals surface area (Å²) < 4.78 is 0. The first-order valence-corrected chi connectivity index (χ1v) is 5.02. The molecule has 0 bridgehead atoms. The van der Waals surface area contributed by atoms with Gasteiger partial charge in [-0.15, -0.1) is 12.6 Å². The molecular formula is C12H10N2S. The summed E-state index contributed by atoms with van der Waals surface area (Å²) in [6.45, 7) is 0. The minimum atomic E-state index is 0.921. The number of thiol groups is 1. The van der Waals surface area contributed by atoms with Gasteiger partial charge in [-0.1, -0.05) is 0 Å². The molecule has 0 saturated heterocycles. The minimum Gasteiger partial charge on any atom is -0.265 e. The lowest BCUT2D eigenvalue weighted by molar-refractivity contribution is 1.32. The molecule has 2 nitrogen and oxygen atoms in total. The van der Waals surface area contributed by atoms with E-state index in [-0.39, 0.29) is 0 Å². The van der Waals surface area contributed by atoms with Gasteiger partial charge >= 0.3 is 0 Å². The van der Waals surface area contributed by atoms with Gasteiger partial charge < -0.3 is 0 Å². The molecule has 1 heterocycles. The quantitative estimate of drug-likeness (QED) is 0.603. The molecule has 1 aromatic carbocycles. The first-order chi connectivity index (χ1) is 7.34. The molecule has 15 heavy (non-hydrogen) atoms. The molecule has 1 aromatic heterocycles. The highest BCUT2D eigenvalue weighted by molar-refractivity contribution is 7.80. The van der Waals surface area contributed by atoms with Gasteiger partial charge in [-0.05, 0) is 42.0 Å². The van der Waals surface area contributed by atoms with E-state index in [1.165, 1.54) is 0 Å². The molecule has 0 aliphatic heterocycles. The summed E-state index contributed by atoms with van der Waals surface area (Å²) in [4.78, 5) is 9.21. The Kier molecular flexibility index (Phi) is 3.15. The van der Waals surface area contributed by atoms with Crippen molar-refractivity contribution < 1.29 is 0 Å². The maximum absolute atomic E-state index is 4.33. The van der Waals surface area contributed by atoms with Crippen LogP contribution in [-0.2, 0) is 0 Å². The Morgan fingerprint density at radius 1 is 1.00 bits per heavy atom. The van der Waals surface area contributed by atoms with Crippen molar-refractivity contribution in [1.82, 2.24) is 4.98 Å². The van der Waals surface area contributed by atoms with Crippen molar-refractivity contribution in [2.45, 2.75) is 4.90 Å². The second kappa shape index (κ2) is 4.75. The maximum Gasteiger partial charge on any atom is 0.0630 e. The zero-order valence-corrected chi connectivity index (χ0v) is 8.93. The van der Waals surface area contributed by atoms with E-state index < -0.39 is 0 Å². The molecule has 0 spiro atoms. The summed E-state index contributed by atoms with van der Waals surface area (Å²) in [5.41, 5.74) is 1.96. The van der Waals surface area contributed by atoms with Crippen LogP contribution < -0.4 is 0 Å². The van der Waals surface area contributed by atoms with Gasteiger partial charge in [-0.25, -0.2) is 0 Å². The summed E-state index contributed by atoms with van der Waals surface area (Å²) in [7, 11) is 0. The van der Waals surface area contributed by atoms with Crippen LogP contribution in [0.25, 0.3) is 0 Å². The molecule has 0 fully saturated rings. The molecule has 0 atom stereocenters. The molecule has 0 amide bonds. The predicted molar refractivity (Wildman–Crippen MR) is 65.2 cm³/mol. The van der Waals surface area contributed by atoms with Crippen LogP contribution in [0.5, 0.6) is 0 Å². The van der Waals surface area contributed by atoms with Crippen LogP contribution >= 0.6 is 12.6 Å². The molecular weight excluding hydrogens is 204 g/mol. The molecule has 2 rings (SSSR count). The lowest BCUT2D eigenvalue weighted by Gasteiger charge is -1.94. The SMILES string of the molecule is Sc1ccc(N=Cc2ccncc2)cc1. The van der Waals surface area contributed by atoms with Crippen molar-refractivity contribution in [2.75, 3.05) is 0 Å². The molecule has 0 saturated carbocycles. The van der Waals surface area contributed by atoms with Crippen LogP contribution in [0.3, 0.4) is 0 Å². The molecule has 0 aliphatic carbocycles. The Morgan fingerprint density at radius 3 is 2.33 bits per heavy atom. The third-order valence-electron chi connectivity index (χ3n) is 1.92. The Morgan fingerprint density at radius 2 is 1.67 bits per heavy atom. The standard InChI is InChI=1S/C12H10N2S/c15-12-3-1-11(2-4-12)14-9-10-5-7-13-8-6-10/h1-9,15H. The number of rotatable bonds is 2. The van der Waals surface area contributed by atoms with Gasteiger partial charge in [0.15, 0.2) is 0 Å². The van der Waals surface area contributed by atoms with Crippen LogP contribution in [0.4, 0.5) is 5.69 Å². The third-order valence-corrected chi connectivity index (χ3v) is 2.22. The van der Waals surface area contributed by atoms with Gasteiger partial charge in [0.05, 0.1) is 5.69 Å². The lowest BCUT2D eigenvalue weighted by atomic mass is 10.3. The normalized spacial score (nSPS) is 10.7. The van der Waals surface area contributed by atoms with E-state index in [1.807, 2.05) is 42.6 Å². The Balaban J connectivity index is 2.15. The number of hydrogen-bond acceptors (Lipinski definition) is 3. The van der Waals surface area contributed by atoms with Crippen LogP contribution in [0.1, 0.15) is 5.56 Å². The van der Waals surface area contributed by atoms with Gasteiger partial charge in [0, 0.05) is 23.5 Å². The molecule has 0 aliphatic rings. The zero-order chi connectivity index (χ0) is 10.5. The number of pyridine rings is 1. The smallest absolute Gasteiger partial charge is 0.0630 e. The Labute approximate surface area is 94.1 Å². The molecule has 0 radical (unpaired) electrons. The lowest BCUT2D eigenvalue weighted by Crippen LogP contribution is -1.79. The van der Waals surface area contributed by atoms with E-state index in [4.69, 9.17) is 0 Å². The van der Waals surface area contributed by atoms with Crippen LogP contribution in [0, 0.1) is 0 Å². The first kappa shape index (κ1) is 9.93. The van der Waals surface area contributed by atoms with Gasteiger partial charge in [0.25, 0.3) is 0 Å². The predicted octanol–water partition coefficient (Wildman–Crippen LogP) is 3.12. The summed E-state index contributed by atoms with van der Waals surface area (Å²) in [6.07, 6.45) is 5.31. The van der Waals surface area contributed by atoms with Gasteiger partial charge in [0.2, 0.25) is 0 Å². The number of aliphatic imine (C=N–C) groups is 1. The zero-order valence-electron chi connectivity index (χ0n) is 8.04. The Bertz CT molecular complexity index is 449. The average Bonchev–Trinajstić information content (AvgIpc) is 2.30. The molecule has 0 N–H and O–H groups in total. The summed E-state index contributed by atoms with van der Waals surface area (Å²) in [5.74, 6) is 0. The van der Waals surface area contributed by atoms with E-state index in [9.17, 15) is 0 Å². The van der Waals surface area contributed by atoms with Crippen LogP contribution in [-0.4, -0.2) is 11.2 Å². The van der Waals surface area contributed by atoms with Crippen molar-refractivity contribution in [2.24, 2.45) is 4.99 Å². The van der Waals surface area contributed by atoms with E-state index in [2.05, 4.69) is 22.6 Å². The van der Waals surface area contributed by atoms with Crippen LogP contribution in [0.2, 0.25) is 0 Å². The highest BCUT2D eigenvalue weighted by Crippen LogP contribution is 2.14. The Hall–Kier alpha value is -1.61. The minimum absolute atomic E-state index is 0.921. The third kappa shape index (κ3) is 2.92. The van der Waals surface area contributed by atoms with E-state index in [0.29, 0.717) is 0 Å². The highest BCUT2D eigenvalue weighted by Gasteiger charge is 1.88. The maximum atomic E-state index is 4.33. The van der Waals surface area contributed by atoms with Crippen molar-refractivity contribution in [3.05, 3.63) is 54.4 Å². The van der Waals surface area contributed by atoms with Gasteiger partial charge in [0.1, 0.15) is 0 Å². The first-order valence-electron chi connectivity index (χ1n) is 4.58.